The number of nitrogens with zero attached hydrogens (tertiary/aromatic N) is 4. The molecular weight excluding hydrogens is 382 g/mol. The number of ether oxygens (including phenoxy) is 1. The molecule has 2 N–H and O–H groups in total. The minimum Gasteiger partial charge on any atom is -0.488 e. The van der Waals surface area contributed by atoms with Crippen LogP contribution in [0.2, 0.25) is 0 Å². The molecule has 1 aliphatic carbocycles. The standard InChI is InChI=1S/C22H27N5O3/c1-22(8-9-22)30-15-5-6-17-16(12-15)20(24-23-17)18-13-19(21(29)26(2)25-18)27-10-3-4-14(28)7-11-27/h5-6,12-14,28H,3-4,7-11H2,1-2H3,(H,23,24). The van der Waals surface area contributed by atoms with Gasteiger partial charge in [0, 0.05) is 25.5 Å². The van der Waals surface area contributed by atoms with Crippen molar-refractivity contribution >= 4 is 16.6 Å². The van der Waals surface area contributed by atoms with Crippen LogP contribution in [0.15, 0.2) is 29.1 Å². The maximum atomic E-state index is 12.8. The Hall–Kier alpha value is -2.87. The highest BCUT2D eigenvalue weighted by Gasteiger charge is 2.40. The number of fused-ring (bicyclic) bond motifs is 1. The second kappa shape index (κ2) is 7.12. The van der Waals surface area contributed by atoms with Gasteiger partial charge in [0.05, 0.1) is 11.6 Å². The average molecular weight is 409 g/mol. The van der Waals surface area contributed by atoms with Crippen LogP contribution in [-0.4, -0.2) is 49.9 Å². The van der Waals surface area contributed by atoms with Gasteiger partial charge in [0.1, 0.15) is 28.4 Å². The molecule has 3 aromatic rings. The third-order valence-electron chi connectivity index (χ3n) is 6.18. The summed E-state index contributed by atoms with van der Waals surface area (Å²) in [4.78, 5) is 14.9. The van der Waals surface area contributed by atoms with E-state index in [1.807, 2.05) is 24.3 Å². The zero-order valence-electron chi connectivity index (χ0n) is 17.4. The molecule has 1 aliphatic heterocycles. The van der Waals surface area contributed by atoms with Gasteiger partial charge < -0.3 is 14.7 Å². The van der Waals surface area contributed by atoms with E-state index >= 15 is 0 Å². The van der Waals surface area contributed by atoms with Crippen molar-refractivity contribution in [1.29, 1.82) is 0 Å². The van der Waals surface area contributed by atoms with Crippen LogP contribution in [0, 0.1) is 0 Å². The van der Waals surface area contributed by atoms with E-state index in [-0.39, 0.29) is 17.3 Å². The lowest BCUT2D eigenvalue weighted by atomic mass is 10.1. The fraction of sp³-hybridized carbons (Fsp3) is 0.500. The molecule has 0 spiro atoms. The summed E-state index contributed by atoms with van der Waals surface area (Å²) in [6.45, 7) is 3.51. The van der Waals surface area contributed by atoms with Crippen LogP contribution >= 0.6 is 0 Å². The fourth-order valence-electron chi connectivity index (χ4n) is 4.07. The summed E-state index contributed by atoms with van der Waals surface area (Å²) in [6.07, 6.45) is 4.11. The molecule has 8 heteroatoms. The number of nitrogens with one attached hydrogen (secondary N) is 1. The number of aliphatic hydroxyl groups excluding tert-OH is 1. The summed E-state index contributed by atoms with van der Waals surface area (Å²) >= 11 is 0. The zero-order chi connectivity index (χ0) is 20.9. The highest BCUT2D eigenvalue weighted by atomic mass is 16.5. The van der Waals surface area contributed by atoms with Crippen molar-refractivity contribution in [3.63, 3.8) is 0 Å². The van der Waals surface area contributed by atoms with Crippen LogP contribution in [0.25, 0.3) is 22.3 Å². The lowest BCUT2D eigenvalue weighted by molar-refractivity contribution is 0.161. The molecule has 0 bridgehead atoms. The summed E-state index contributed by atoms with van der Waals surface area (Å²) in [5.74, 6) is 0.816. The smallest absolute Gasteiger partial charge is 0.290 e. The number of hydrogen-bond acceptors (Lipinski definition) is 6. The molecule has 30 heavy (non-hydrogen) atoms. The van der Waals surface area contributed by atoms with Gasteiger partial charge in [-0.3, -0.25) is 9.89 Å². The quantitative estimate of drug-likeness (QED) is 0.688. The SMILES string of the molecule is Cn1nc(-c2n[nH]c3ccc(OC4(C)CC4)cc23)cc(N2CCCC(O)CC2)c1=O. The fourth-order valence-corrected chi connectivity index (χ4v) is 4.07. The molecule has 1 atom stereocenters. The van der Waals surface area contributed by atoms with Crippen LogP contribution < -0.4 is 15.2 Å². The Morgan fingerprint density at radius 3 is 2.87 bits per heavy atom. The molecule has 1 saturated heterocycles. The Labute approximate surface area is 174 Å². The summed E-state index contributed by atoms with van der Waals surface area (Å²) in [6, 6.07) is 7.74. The van der Waals surface area contributed by atoms with Gasteiger partial charge in [-0.25, -0.2) is 4.68 Å². The highest BCUT2D eigenvalue weighted by molar-refractivity contribution is 5.93. The molecule has 1 unspecified atom stereocenters. The third-order valence-corrected chi connectivity index (χ3v) is 6.18. The molecule has 5 rings (SSSR count). The second-order valence-corrected chi connectivity index (χ2v) is 8.75. The third kappa shape index (κ3) is 3.56. The number of aliphatic hydroxyl groups is 1. The normalized spacial score (nSPS) is 20.9. The topological polar surface area (TPSA) is 96.3 Å². The molecule has 3 heterocycles. The largest absolute Gasteiger partial charge is 0.488 e. The molecule has 0 radical (unpaired) electrons. The molecule has 0 amide bonds. The van der Waals surface area contributed by atoms with E-state index in [0.29, 0.717) is 30.0 Å². The van der Waals surface area contributed by atoms with E-state index in [1.54, 1.807) is 7.05 Å². The van der Waals surface area contributed by atoms with Crippen LogP contribution in [0.3, 0.4) is 0 Å². The van der Waals surface area contributed by atoms with Crippen molar-refractivity contribution in [1.82, 2.24) is 20.0 Å². The van der Waals surface area contributed by atoms with Crippen LogP contribution in [-0.2, 0) is 7.05 Å². The molecular formula is C22H27N5O3. The van der Waals surface area contributed by atoms with Crippen molar-refractivity contribution in [3.8, 4) is 17.1 Å². The van der Waals surface area contributed by atoms with Crippen molar-refractivity contribution in [2.45, 2.75) is 50.7 Å². The predicted octanol–water partition coefficient (Wildman–Crippen LogP) is 2.61. The van der Waals surface area contributed by atoms with Gasteiger partial charge >= 0.3 is 0 Å². The lowest BCUT2D eigenvalue weighted by Crippen LogP contribution is -2.33. The number of hydrogen-bond donors (Lipinski definition) is 2. The van der Waals surface area contributed by atoms with E-state index in [0.717, 1.165) is 48.9 Å². The van der Waals surface area contributed by atoms with Crippen molar-refractivity contribution in [2.24, 2.45) is 7.05 Å². The number of aryl methyl sites for hydroxylation is 1. The van der Waals surface area contributed by atoms with Crippen LogP contribution in [0.4, 0.5) is 5.69 Å². The van der Waals surface area contributed by atoms with Crippen molar-refractivity contribution in [3.05, 3.63) is 34.6 Å². The van der Waals surface area contributed by atoms with E-state index < -0.39 is 0 Å². The minimum absolute atomic E-state index is 0.0586. The van der Waals surface area contributed by atoms with Crippen molar-refractivity contribution < 1.29 is 9.84 Å². The Morgan fingerprint density at radius 1 is 1.23 bits per heavy atom. The Balaban J connectivity index is 1.55. The minimum atomic E-state index is -0.304. The van der Waals surface area contributed by atoms with Gasteiger partial charge in [-0.05, 0) is 63.3 Å². The van der Waals surface area contributed by atoms with Gasteiger partial charge in [-0.2, -0.15) is 10.2 Å². The molecule has 2 aromatic heterocycles. The van der Waals surface area contributed by atoms with Gasteiger partial charge in [0.25, 0.3) is 5.56 Å². The molecule has 1 aromatic carbocycles. The highest BCUT2D eigenvalue weighted by Crippen LogP contribution is 2.40. The number of H-pyrrole nitrogens is 1. The Bertz CT molecular complexity index is 1150. The first-order valence-corrected chi connectivity index (χ1v) is 10.6. The first kappa shape index (κ1) is 19.1. The molecule has 158 valence electrons. The molecule has 2 fully saturated rings. The van der Waals surface area contributed by atoms with E-state index in [2.05, 4.69) is 27.1 Å². The van der Waals surface area contributed by atoms with Gasteiger partial charge in [0.15, 0.2) is 0 Å². The number of anilines is 1. The Morgan fingerprint density at radius 2 is 2.07 bits per heavy atom. The van der Waals surface area contributed by atoms with E-state index in [1.165, 1.54) is 4.68 Å². The van der Waals surface area contributed by atoms with Gasteiger partial charge in [0.2, 0.25) is 0 Å². The predicted molar refractivity (Wildman–Crippen MR) is 115 cm³/mol. The van der Waals surface area contributed by atoms with E-state index in [9.17, 15) is 9.90 Å². The monoisotopic (exact) mass is 409 g/mol. The molecule has 1 saturated carbocycles. The number of aromatic amines is 1. The van der Waals surface area contributed by atoms with E-state index in [4.69, 9.17) is 4.74 Å². The van der Waals surface area contributed by atoms with Crippen LogP contribution in [0.1, 0.15) is 39.0 Å². The summed E-state index contributed by atoms with van der Waals surface area (Å²) in [7, 11) is 1.67. The number of rotatable bonds is 4. The molecule has 2 aliphatic rings. The Kier molecular flexibility index (Phi) is 4.54. The summed E-state index contributed by atoms with van der Waals surface area (Å²) in [5.41, 5.74) is 2.64. The maximum absolute atomic E-state index is 12.8. The number of benzene rings is 1. The average Bonchev–Trinajstić information content (AvgIpc) is 3.36. The summed E-state index contributed by atoms with van der Waals surface area (Å²) in [5, 5.41) is 22.9. The lowest BCUT2D eigenvalue weighted by Gasteiger charge is -2.22. The first-order chi connectivity index (χ1) is 14.4. The second-order valence-electron chi connectivity index (χ2n) is 8.75. The van der Waals surface area contributed by atoms with Gasteiger partial charge in [-0.1, -0.05) is 0 Å². The maximum Gasteiger partial charge on any atom is 0.290 e. The zero-order valence-corrected chi connectivity index (χ0v) is 17.4. The number of aromatic nitrogens is 4. The van der Waals surface area contributed by atoms with Gasteiger partial charge in [-0.15, -0.1) is 0 Å². The molecule has 8 nitrogen and oxygen atoms in total. The summed E-state index contributed by atoms with van der Waals surface area (Å²) < 4.78 is 7.49. The van der Waals surface area contributed by atoms with Crippen molar-refractivity contribution in [2.75, 3.05) is 18.0 Å². The van der Waals surface area contributed by atoms with Crippen LogP contribution in [0.5, 0.6) is 5.75 Å². The first-order valence-electron chi connectivity index (χ1n) is 10.6.